The molecule has 142 valence electrons. The molecule has 0 saturated heterocycles. The number of anilines is 1. The van der Waals surface area contributed by atoms with E-state index < -0.39 is 6.10 Å². The number of aromatic nitrogens is 2. The number of nitrogens with one attached hydrogen (secondary N) is 1. The van der Waals surface area contributed by atoms with Crippen molar-refractivity contribution in [2.24, 2.45) is 5.16 Å². The first-order valence-electron chi connectivity index (χ1n) is 8.95. The highest BCUT2D eigenvalue weighted by molar-refractivity contribution is 6.07. The van der Waals surface area contributed by atoms with E-state index in [9.17, 15) is 4.79 Å². The van der Waals surface area contributed by atoms with Gasteiger partial charge in [-0.25, -0.2) is 4.68 Å². The molecule has 1 atom stereocenters. The minimum Gasteiger partial charge on any atom is -0.496 e. The molecular formula is C21H20N4O3. The summed E-state index contributed by atoms with van der Waals surface area (Å²) in [4.78, 5) is 18.2. The molecule has 2 aromatic carbocycles. The van der Waals surface area contributed by atoms with Gasteiger partial charge < -0.3 is 14.9 Å². The van der Waals surface area contributed by atoms with Crippen LogP contribution < -0.4 is 10.1 Å². The lowest BCUT2D eigenvalue weighted by Gasteiger charge is -2.11. The topological polar surface area (TPSA) is 77.7 Å². The van der Waals surface area contributed by atoms with E-state index >= 15 is 0 Å². The lowest BCUT2D eigenvalue weighted by Crippen LogP contribution is -2.29. The van der Waals surface area contributed by atoms with E-state index in [1.165, 1.54) is 0 Å². The Kier molecular flexibility index (Phi) is 4.80. The van der Waals surface area contributed by atoms with Gasteiger partial charge in [-0.05, 0) is 31.2 Å². The maximum Gasteiger partial charge on any atom is 0.269 e. The first-order chi connectivity index (χ1) is 13.7. The molecule has 0 unspecified atom stereocenters. The Labute approximate surface area is 162 Å². The second kappa shape index (κ2) is 7.56. The van der Waals surface area contributed by atoms with Crippen LogP contribution in [0.1, 0.15) is 17.7 Å². The van der Waals surface area contributed by atoms with Crippen molar-refractivity contribution < 1.29 is 14.4 Å². The van der Waals surface area contributed by atoms with Gasteiger partial charge in [-0.2, -0.15) is 5.10 Å². The zero-order valence-corrected chi connectivity index (χ0v) is 15.6. The van der Waals surface area contributed by atoms with Gasteiger partial charge in [0.1, 0.15) is 11.6 Å². The average Bonchev–Trinajstić information content (AvgIpc) is 3.35. The van der Waals surface area contributed by atoms with E-state index in [2.05, 4.69) is 15.6 Å². The normalized spacial score (nSPS) is 15.6. The molecule has 4 rings (SSSR count). The van der Waals surface area contributed by atoms with Crippen LogP contribution in [0.2, 0.25) is 0 Å². The number of rotatable bonds is 5. The SMILES string of the molecule is COc1ccccc1C1=NO[C@H](C(=O)Nc2cc(C)nn2-c2ccccc2)C1. The predicted octanol–water partition coefficient (Wildman–Crippen LogP) is 3.32. The van der Waals surface area contributed by atoms with Crippen LogP contribution in [0, 0.1) is 6.92 Å². The summed E-state index contributed by atoms with van der Waals surface area (Å²) in [7, 11) is 1.60. The van der Waals surface area contributed by atoms with Crippen LogP contribution in [0.15, 0.2) is 65.8 Å². The number of oxime groups is 1. The first kappa shape index (κ1) is 17.8. The van der Waals surface area contributed by atoms with Crippen LogP contribution in [-0.4, -0.2) is 34.6 Å². The zero-order chi connectivity index (χ0) is 19.5. The number of ether oxygens (including phenoxy) is 1. The molecule has 0 saturated carbocycles. The van der Waals surface area contributed by atoms with E-state index in [-0.39, 0.29) is 5.91 Å². The number of nitrogens with zero attached hydrogens (tertiary/aromatic N) is 3. The number of carbonyl (C=O) groups excluding carboxylic acids is 1. The Hall–Kier alpha value is -3.61. The summed E-state index contributed by atoms with van der Waals surface area (Å²) in [6, 6.07) is 19.0. The van der Waals surface area contributed by atoms with Gasteiger partial charge in [-0.1, -0.05) is 35.5 Å². The molecule has 1 aliphatic rings. The van der Waals surface area contributed by atoms with Crippen molar-refractivity contribution in [2.75, 3.05) is 12.4 Å². The molecular weight excluding hydrogens is 356 g/mol. The number of amides is 1. The number of hydrogen-bond donors (Lipinski definition) is 1. The number of aryl methyl sites for hydroxylation is 1. The van der Waals surface area contributed by atoms with Gasteiger partial charge in [0.25, 0.3) is 5.91 Å². The second-order valence-corrected chi connectivity index (χ2v) is 6.44. The van der Waals surface area contributed by atoms with Crippen molar-refractivity contribution in [3.63, 3.8) is 0 Å². The number of benzene rings is 2. The summed E-state index contributed by atoms with van der Waals surface area (Å²) >= 11 is 0. The van der Waals surface area contributed by atoms with Crippen LogP contribution in [-0.2, 0) is 9.63 Å². The molecule has 0 aliphatic carbocycles. The second-order valence-electron chi connectivity index (χ2n) is 6.44. The number of para-hydroxylation sites is 2. The molecule has 0 spiro atoms. The van der Waals surface area contributed by atoms with Crippen molar-refractivity contribution in [3.8, 4) is 11.4 Å². The molecule has 0 fully saturated rings. The molecule has 1 aromatic heterocycles. The standard InChI is InChI=1S/C21H20N4O3/c1-14-12-20(25(23-14)15-8-4-3-5-9-15)22-21(26)19-13-17(24-28-19)16-10-6-7-11-18(16)27-2/h3-12,19H,13H2,1-2H3,(H,22,26)/t19-/m0/s1. The quantitative estimate of drug-likeness (QED) is 0.741. The van der Waals surface area contributed by atoms with Gasteiger partial charge >= 0.3 is 0 Å². The molecule has 0 radical (unpaired) electrons. The van der Waals surface area contributed by atoms with Crippen LogP contribution >= 0.6 is 0 Å². The highest BCUT2D eigenvalue weighted by Gasteiger charge is 2.30. The van der Waals surface area contributed by atoms with Gasteiger partial charge in [0.2, 0.25) is 6.10 Å². The van der Waals surface area contributed by atoms with Gasteiger partial charge in [0.15, 0.2) is 0 Å². The van der Waals surface area contributed by atoms with Crippen molar-refractivity contribution in [2.45, 2.75) is 19.4 Å². The molecule has 7 heteroatoms. The van der Waals surface area contributed by atoms with Crippen molar-refractivity contribution in [3.05, 3.63) is 71.9 Å². The zero-order valence-electron chi connectivity index (χ0n) is 15.6. The van der Waals surface area contributed by atoms with Crippen molar-refractivity contribution >= 4 is 17.4 Å². The van der Waals surface area contributed by atoms with Crippen molar-refractivity contribution in [1.82, 2.24) is 9.78 Å². The van der Waals surface area contributed by atoms with Crippen LogP contribution in [0.25, 0.3) is 5.69 Å². The molecule has 7 nitrogen and oxygen atoms in total. The summed E-state index contributed by atoms with van der Waals surface area (Å²) in [5, 5.41) is 11.5. The highest BCUT2D eigenvalue weighted by atomic mass is 16.6. The summed E-state index contributed by atoms with van der Waals surface area (Å²) in [5.74, 6) is 1.01. The van der Waals surface area contributed by atoms with Gasteiger partial charge in [0.05, 0.1) is 24.2 Å². The summed E-state index contributed by atoms with van der Waals surface area (Å²) in [6.07, 6.45) is -0.343. The number of methoxy groups -OCH3 is 1. The Balaban J connectivity index is 1.49. The fraction of sp³-hybridized carbons (Fsp3) is 0.190. The van der Waals surface area contributed by atoms with Gasteiger partial charge in [0, 0.05) is 18.1 Å². The third kappa shape index (κ3) is 3.46. The third-order valence-corrected chi connectivity index (χ3v) is 4.46. The molecule has 3 aromatic rings. The predicted molar refractivity (Wildman–Crippen MR) is 106 cm³/mol. The number of carbonyl (C=O) groups is 1. The van der Waals surface area contributed by atoms with Crippen LogP contribution in [0.4, 0.5) is 5.82 Å². The maximum absolute atomic E-state index is 12.8. The lowest BCUT2D eigenvalue weighted by molar-refractivity contribution is -0.125. The summed E-state index contributed by atoms with van der Waals surface area (Å²) < 4.78 is 7.07. The molecule has 1 amide bonds. The largest absolute Gasteiger partial charge is 0.496 e. The summed E-state index contributed by atoms with van der Waals surface area (Å²) in [5.41, 5.74) is 3.18. The molecule has 2 heterocycles. The fourth-order valence-electron chi connectivity index (χ4n) is 3.12. The summed E-state index contributed by atoms with van der Waals surface area (Å²) in [6.45, 7) is 1.88. The molecule has 1 aliphatic heterocycles. The van der Waals surface area contributed by atoms with E-state index in [1.807, 2.05) is 67.6 Å². The third-order valence-electron chi connectivity index (χ3n) is 4.46. The Morgan fingerprint density at radius 2 is 1.93 bits per heavy atom. The minimum atomic E-state index is -0.709. The number of hydrogen-bond acceptors (Lipinski definition) is 5. The van der Waals surface area contributed by atoms with Gasteiger partial charge in [-0.15, -0.1) is 0 Å². The minimum absolute atomic E-state index is 0.272. The highest BCUT2D eigenvalue weighted by Crippen LogP contribution is 2.25. The monoisotopic (exact) mass is 376 g/mol. The van der Waals surface area contributed by atoms with Crippen LogP contribution in [0.3, 0.4) is 0 Å². The Morgan fingerprint density at radius 3 is 2.71 bits per heavy atom. The first-order valence-corrected chi connectivity index (χ1v) is 8.95. The van der Waals surface area contributed by atoms with Crippen LogP contribution in [0.5, 0.6) is 5.75 Å². The lowest BCUT2D eigenvalue weighted by atomic mass is 10.0. The van der Waals surface area contributed by atoms with E-state index in [0.717, 1.165) is 16.9 Å². The molecule has 1 N–H and O–H groups in total. The van der Waals surface area contributed by atoms with Crippen molar-refractivity contribution in [1.29, 1.82) is 0 Å². The van der Waals surface area contributed by atoms with E-state index in [4.69, 9.17) is 9.57 Å². The maximum atomic E-state index is 12.8. The fourth-order valence-corrected chi connectivity index (χ4v) is 3.12. The smallest absolute Gasteiger partial charge is 0.269 e. The molecule has 28 heavy (non-hydrogen) atoms. The Morgan fingerprint density at radius 1 is 1.18 bits per heavy atom. The Bertz CT molecular complexity index is 1030. The average molecular weight is 376 g/mol. The van der Waals surface area contributed by atoms with Gasteiger partial charge in [-0.3, -0.25) is 4.79 Å². The van der Waals surface area contributed by atoms with E-state index in [0.29, 0.717) is 23.7 Å². The molecule has 0 bridgehead atoms. The van der Waals surface area contributed by atoms with E-state index in [1.54, 1.807) is 11.8 Å².